The van der Waals surface area contributed by atoms with Gasteiger partial charge in [-0.25, -0.2) is 9.36 Å². The molecule has 0 amide bonds. The lowest BCUT2D eigenvalue weighted by atomic mass is 10.2. The number of alkyl halides is 3. The fraction of sp³-hybridized carbons (Fsp3) is 0.214. The van der Waals surface area contributed by atoms with Crippen LogP contribution in [0.5, 0.6) is 0 Å². The van der Waals surface area contributed by atoms with E-state index >= 15 is 0 Å². The maximum Gasteiger partial charge on any atom is 0.363 e. The highest BCUT2D eigenvalue weighted by atomic mass is 35.5. The molecular weight excluding hydrogens is 383 g/mol. The molecule has 24 heavy (non-hydrogen) atoms. The molecule has 126 valence electrons. The minimum Gasteiger partial charge on any atom is -0.304 e. The maximum absolute atomic E-state index is 13.3. The van der Waals surface area contributed by atoms with E-state index in [1.807, 2.05) is 11.1 Å². The van der Waals surface area contributed by atoms with Gasteiger partial charge in [0.15, 0.2) is 0 Å². The molecule has 0 aliphatic rings. The van der Waals surface area contributed by atoms with Gasteiger partial charge in [-0.05, 0) is 36.9 Å². The van der Waals surface area contributed by atoms with Crippen LogP contribution in [0.4, 0.5) is 8.78 Å². The van der Waals surface area contributed by atoms with Gasteiger partial charge in [0.2, 0.25) is 0 Å². The number of halogens is 4. The first-order chi connectivity index (χ1) is 11.1. The van der Waals surface area contributed by atoms with Crippen molar-refractivity contribution in [3.05, 3.63) is 54.8 Å². The zero-order valence-corrected chi connectivity index (χ0v) is 14.6. The molecule has 0 aliphatic heterocycles. The molecular formula is C14H9Cl2F2N3O2S. The molecule has 2 rings (SSSR count). The standard InChI is InChI=1S/C14H9Cl2F2N3O2S/c1-6-11(14(16,17)18)20-13(23)21(12(6)22)9-4-10(24-2)7(5-19)3-8(9)15/h3-4H,1-2H3,(H,20,23). The van der Waals surface area contributed by atoms with E-state index in [0.717, 1.165) is 6.92 Å². The minimum atomic E-state index is -3.89. The highest BCUT2D eigenvalue weighted by molar-refractivity contribution is 7.98. The Morgan fingerprint density at radius 1 is 1.38 bits per heavy atom. The van der Waals surface area contributed by atoms with Gasteiger partial charge in [-0.3, -0.25) is 4.79 Å². The number of aromatic amines is 1. The molecule has 5 nitrogen and oxygen atoms in total. The molecule has 0 fully saturated rings. The van der Waals surface area contributed by atoms with Gasteiger partial charge in [-0.15, -0.1) is 11.8 Å². The molecule has 0 saturated heterocycles. The molecule has 2 aromatic rings. The normalized spacial score (nSPS) is 11.4. The van der Waals surface area contributed by atoms with E-state index in [0.29, 0.717) is 9.46 Å². The molecule has 0 spiro atoms. The van der Waals surface area contributed by atoms with Crippen LogP contribution in [-0.2, 0) is 5.38 Å². The lowest BCUT2D eigenvalue weighted by Gasteiger charge is -2.14. The Balaban J connectivity index is 2.86. The first kappa shape index (κ1) is 18.5. The van der Waals surface area contributed by atoms with Crippen molar-refractivity contribution >= 4 is 35.0 Å². The number of thioether (sulfide) groups is 1. The number of nitrogens with one attached hydrogen (secondary N) is 1. The average Bonchev–Trinajstić information content (AvgIpc) is 2.50. The molecule has 0 saturated carbocycles. The van der Waals surface area contributed by atoms with Crippen LogP contribution < -0.4 is 11.2 Å². The van der Waals surface area contributed by atoms with E-state index in [2.05, 4.69) is 0 Å². The van der Waals surface area contributed by atoms with Gasteiger partial charge in [0.05, 0.1) is 16.3 Å². The van der Waals surface area contributed by atoms with Gasteiger partial charge in [-0.1, -0.05) is 11.6 Å². The van der Waals surface area contributed by atoms with E-state index in [4.69, 9.17) is 28.5 Å². The average molecular weight is 392 g/mol. The molecule has 1 aromatic heterocycles. The van der Waals surface area contributed by atoms with Crippen LogP contribution >= 0.6 is 35.0 Å². The Kier molecular flexibility index (Phi) is 5.08. The van der Waals surface area contributed by atoms with Crippen LogP contribution in [-0.4, -0.2) is 15.8 Å². The van der Waals surface area contributed by atoms with Crippen molar-refractivity contribution in [2.75, 3.05) is 6.26 Å². The molecule has 0 radical (unpaired) electrons. The Morgan fingerprint density at radius 2 is 2.00 bits per heavy atom. The van der Waals surface area contributed by atoms with Crippen molar-refractivity contribution in [3.63, 3.8) is 0 Å². The number of benzene rings is 1. The first-order valence-electron chi connectivity index (χ1n) is 6.33. The summed E-state index contributed by atoms with van der Waals surface area (Å²) in [5, 5.41) is 5.13. The second-order valence-corrected chi connectivity index (χ2v) is 6.41. The first-order valence-corrected chi connectivity index (χ1v) is 8.31. The topological polar surface area (TPSA) is 78.7 Å². The maximum atomic E-state index is 13.3. The Hall–Kier alpha value is -1.82. The smallest absolute Gasteiger partial charge is 0.304 e. The van der Waals surface area contributed by atoms with Crippen LogP contribution in [0.2, 0.25) is 5.02 Å². The highest BCUT2D eigenvalue weighted by Gasteiger charge is 2.33. The van der Waals surface area contributed by atoms with E-state index in [9.17, 15) is 18.4 Å². The second kappa shape index (κ2) is 6.59. The van der Waals surface area contributed by atoms with E-state index in [1.165, 1.54) is 23.9 Å². The summed E-state index contributed by atoms with van der Waals surface area (Å²) in [6.07, 6.45) is 1.70. The van der Waals surface area contributed by atoms with Crippen molar-refractivity contribution in [1.29, 1.82) is 5.26 Å². The third kappa shape index (κ3) is 3.20. The molecule has 0 bridgehead atoms. The monoisotopic (exact) mass is 391 g/mol. The van der Waals surface area contributed by atoms with Crippen molar-refractivity contribution < 1.29 is 8.78 Å². The second-order valence-electron chi connectivity index (χ2n) is 4.68. The molecule has 10 heteroatoms. The summed E-state index contributed by atoms with van der Waals surface area (Å²) in [5.41, 5.74) is -3.22. The number of hydrogen-bond acceptors (Lipinski definition) is 4. The third-order valence-corrected chi connectivity index (χ3v) is 4.52. The summed E-state index contributed by atoms with van der Waals surface area (Å²) in [6, 6.07) is 4.62. The highest BCUT2D eigenvalue weighted by Crippen LogP contribution is 2.32. The Bertz CT molecular complexity index is 974. The summed E-state index contributed by atoms with van der Waals surface area (Å²) in [5.74, 6) is 0. The van der Waals surface area contributed by atoms with Gasteiger partial charge in [0.25, 0.3) is 5.56 Å². The van der Waals surface area contributed by atoms with E-state index in [-0.39, 0.29) is 16.3 Å². The Labute approximate surface area is 148 Å². The lowest BCUT2D eigenvalue weighted by Crippen LogP contribution is -2.38. The number of rotatable bonds is 3. The third-order valence-electron chi connectivity index (χ3n) is 3.25. The van der Waals surface area contributed by atoms with Crippen LogP contribution in [0.3, 0.4) is 0 Å². The number of nitrogens with zero attached hydrogens (tertiary/aromatic N) is 2. The van der Waals surface area contributed by atoms with Crippen LogP contribution in [0, 0.1) is 18.3 Å². The van der Waals surface area contributed by atoms with Crippen LogP contribution in [0.15, 0.2) is 26.6 Å². The number of nitriles is 1. The fourth-order valence-corrected chi connectivity index (χ4v) is 3.09. The van der Waals surface area contributed by atoms with Crippen molar-refractivity contribution in [2.24, 2.45) is 0 Å². The quantitative estimate of drug-likeness (QED) is 0.642. The summed E-state index contributed by atoms with van der Waals surface area (Å²) in [4.78, 5) is 26.9. The van der Waals surface area contributed by atoms with Crippen LogP contribution in [0.25, 0.3) is 5.69 Å². The fourth-order valence-electron chi connectivity index (χ4n) is 2.10. The summed E-state index contributed by atoms with van der Waals surface area (Å²) >= 11 is 12.2. The van der Waals surface area contributed by atoms with Gasteiger partial charge in [-0.2, -0.15) is 14.0 Å². The van der Waals surface area contributed by atoms with Gasteiger partial charge in [0.1, 0.15) is 11.8 Å². The molecule has 0 unspecified atom stereocenters. The van der Waals surface area contributed by atoms with Gasteiger partial charge in [0, 0.05) is 10.5 Å². The van der Waals surface area contributed by atoms with Crippen molar-refractivity contribution in [1.82, 2.24) is 9.55 Å². The zero-order chi connectivity index (χ0) is 18.2. The SMILES string of the molecule is CSc1cc(-n2c(=O)[nH]c(C(F)(F)Cl)c(C)c2=O)c(Cl)cc1C#N. The van der Waals surface area contributed by atoms with Crippen molar-refractivity contribution in [2.45, 2.75) is 17.2 Å². The summed E-state index contributed by atoms with van der Waals surface area (Å²) in [6.45, 7) is 1.12. The predicted molar refractivity (Wildman–Crippen MR) is 88.6 cm³/mol. The minimum absolute atomic E-state index is 0.0150. The zero-order valence-electron chi connectivity index (χ0n) is 12.3. The summed E-state index contributed by atoms with van der Waals surface area (Å²) in [7, 11) is 0. The van der Waals surface area contributed by atoms with Gasteiger partial charge >= 0.3 is 11.1 Å². The van der Waals surface area contributed by atoms with E-state index in [1.54, 1.807) is 6.26 Å². The molecule has 0 aliphatic carbocycles. The molecule has 1 N–H and O–H groups in total. The number of H-pyrrole nitrogens is 1. The molecule has 1 heterocycles. The lowest BCUT2D eigenvalue weighted by molar-refractivity contribution is 0.0883. The molecule has 1 aromatic carbocycles. The van der Waals surface area contributed by atoms with Crippen LogP contribution in [0.1, 0.15) is 16.8 Å². The predicted octanol–water partition coefficient (Wildman–Crippen LogP) is 3.37. The van der Waals surface area contributed by atoms with Gasteiger partial charge < -0.3 is 4.98 Å². The van der Waals surface area contributed by atoms with Crippen molar-refractivity contribution in [3.8, 4) is 11.8 Å². The number of aromatic nitrogens is 2. The largest absolute Gasteiger partial charge is 0.363 e. The number of hydrogen-bond donors (Lipinski definition) is 1. The molecule has 0 atom stereocenters. The summed E-state index contributed by atoms with van der Waals surface area (Å²) < 4.78 is 27.2. The Morgan fingerprint density at radius 3 is 2.50 bits per heavy atom. The van der Waals surface area contributed by atoms with E-state index < -0.39 is 27.9 Å².